The number of aromatic nitrogens is 6. The molecule has 6 heterocycles. The molecule has 2 saturated heterocycles. The second-order valence-corrected chi connectivity index (χ2v) is 24.2. The molecule has 2 fully saturated rings. The number of halogens is 12. The van der Waals surface area contributed by atoms with E-state index in [9.17, 15) is 37.4 Å². The van der Waals surface area contributed by atoms with Crippen LogP contribution in [0.1, 0.15) is 94.4 Å². The van der Waals surface area contributed by atoms with Gasteiger partial charge in [-0.3, -0.25) is 0 Å². The van der Waals surface area contributed by atoms with Crippen molar-refractivity contribution < 1.29 is 82.7 Å². The minimum atomic E-state index is -1.33. The smallest absolute Gasteiger partial charge is 0.335 e. The van der Waals surface area contributed by atoms with Crippen molar-refractivity contribution in [2.24, 2.45) is 10.8 Å². The minimum absolute atomic E-state index is 0.00198. The topological polar surface area (TPSA) is 173 Å². The quantitative estimate of drug-likeness (QED) is 0.0878. The van der Waals surface area contributed by atoms with Crippen LogP contribution < -0.4 is 9.47 Å². The van der Waals surface area contributed by atoms with Gasteiger partial charge in [-0.15, -0.1) is 0 Å². The number of benzene rings is 6. The van der Waals surface area contributed by atoms with Crippen LogP contribution in [0.5, 0.6) is 11.8 Å². The molecule has 0 saturated carbocycles. The Morgan fingerprint density at radius 2 is 0.870 bits per heavy atom. The van der Waals surface area contributed by atoms with Gasteiger partial charge in [0.25, 0.3) is 0 Å². The summed E-state index contributed by atoms with van der Waals surface area (Å²) >= 11 is 11.3. The van der Waals surface area contributed by atoms with Crippen LogP contribution in [0.25, 0.3) is 44.6 Å². The number of imidazole rings is 2. The largest absolute Gasteiger partial charge is 0.478 e. The van der Waals surface area contributed by atoms with Crippen molar-refractivity contribution in [2.75, 3.05) is 26.4 Å². The summed E-state index contributed by atoms with van der Waals surface area (Å²) in [6, 6.07) is 19.7. The third-order valence-corrected chi connectivity index (χ3v) is 16.4. The monoisotopic (exact) mass is 1310 g/mol. The Labute approximate surface area is 526 Å². The van der Waals surface area contributed by atoms with Gasteiger partial charge >= 0.3 is 11.9 Å². The minimum Gasteiger partial charge on any atom is -0.478 e. The maximum absolute atomic E-state index is 15.6. The van der Waals surface area contributed by atoms with Gasteiger partial charge in [0.05, 0.1) is 83.2 Å². The highest BCUT2D eigenvalue weighted by atomic mass is 35.5. The van der Waals surface area contributed by atoms with Crippen LogP contribution in [0.4, 0.5) is 43.9 Å². The molecular formula is C66H50Cl2F10N6O8. The van der Waals surface area contributed by atoms with Gasteiger partial charge < -0.3 is 38.3 Å². The molecule has 2 aliphatic heterocycles. The molecule has 0 radical (unpaired) electrons. The number of aromatic carboxylic acids is 2. The highest BCUT2D eigenvalue weighted by molar-refractivity contribution is 6.30. The standard InChI is InChI=1S/2C33H25ClF5N3O4/c2*1-33(2)15-45-14-28(33)42-27-8-17(32(43)44)7-25(39)31(27)41-29(42)9-16-6-22(36)19(12-21(16)35)26-4-3-5-30(40-26)46-13-20-23(37)10-18(34)11-24(20)38/h2*3-8,10-12,28H,9,13-15H2,1-2H3,(H,43,44). The molecule has 476 valence electrons. The normalized spacial score (nSPS) is 15.9. The molecule has 2 N–H and O–H groups in total. The summed E-state index contributed by atoms with van der Waals surface area (Å²) in [5, 5.41) is 18.8. The lowest BCUT2D eigenvalue weighted by molar-refractivity contribution is 0.0686. The molecule has 26 heteroatoms. The van der Waals surface area contributed by atoms with Crippen molar-refractivity contribution >= 4 is 57.2 Å². The van der Waals surface area contributed by atoms with Crippen LogP contribution >= 0.6 is 23.2 Å². The zero-order chi connectivity index (χ0) is 65.8. The number of hydrogen-bond acceptors (Lipinski definition) is 10. The molecule has 10 aromatic rings. The van der Waals surface area contributed by atoms with E-state index in [2.05, 4.69) is 19.9 Å². The van der Waals surface area contributed by atoms with E-state index in [1.54, 1.807) is 9.13 Å². The van der Waals surface area contributed by atoms with E-state index in [4.69, 9.17) is 42.1 Å². The second kappa shape index (κ2) is 25.5. The Morgan fingerprint density at radius 1 is 0.500 bits per heavy atom. The number of ether oxygens (including phenoxy) is 4. The molecule has 6 aromatic carbocycles. The first-order valence-electron chi connectivity index (χ1n) is 28.1. The average molecular weight is 1320 g/mol. The van der Waals surface area contributed by atoms with Gasteiger partial charge in [0.15, 0.2) is 11.6 Å². The van der Waals surface area contributed by atoms with Crippen molar-refractivity contribution in [1.82, 2.24) is 29.1 Å². The second-order valence-electron chi connectivity index (χ2n) is 23.3. The molecule has 2 unspecified atom stereocenters. The number of carbonyl (C=O) groups is 2. The van der Waals surface area contributed by atoms with Crippen molar-refractivity contribution in [3.8, 4) is 34.3 Å². The molecular weight excluding hydrogens is 1270 g/mol. The third kappa shape index (κ3) is 13.1. The fraction of sp³-hybridized carbons (Fsp3) is 0.242. The first-order valence-corrected chi connectivity index (χ1v) is 28.9. The van der Waals surface area contributed by atoms with Crippen LogP contribution in [-0.4, -0.2) is 77.6 Å². The number of fused-ring (bicyclic) bond motifs is 2. The lowest BCUT2D eigenvalue weighted by Gasteiger charge is -2.28. The molecule has 14 nitrogen and oxygen atoms in total. The van der Waals surface area contributed by atoms with Gasteiger partial charge in [0.1, 0.15) is 82.4 Å². The molecule has 0 bridgehead atoms. The van der Waals surface area contributed by atoms with Gasteiger partial charge in [0, 0.05) is 57.0 Å². The van der Waals surface area contributed by atoms with E-state index in [0.29, 0.717) is 13.2 Å². The van der Waals surface area contributed by atoms with Crippen molar-refractivity contribution in [1.29, 1.82) is 0 Å². The van der Waals surface area contributed by atoms with E-state index < -0.39 is 106 Å². The Kier molecular flexibility index (Phi) is 17.9. The van der Waals surface area contributed by atoms with Crippen molar-refractivity contribution in [3.63, 3.8) is 0 Å². The highest BCUT2D eigenvalue weighted by Gasteiger charge is 2.41. The fourth-order valence-electron chi connectivity index (χ4n) is 11.1. The summed E-state index contributed by atoms with van der Waals surface area (Å²) in [5.74, 6) is -11.1. The summed E-state index contributed by atoms with van der Waals surface area (Å²) < 4.78 is 175. The first-order chi connectivity index (χ1) is 43.6. The van der Waals surface area contributed by atoms with Crippen LogP contribution in [0, 0.1) is 69.0 Å². The molecule has 2 atom stereocenters. The number of carboxylic acid groups (broad SMARTS) is 2. The first kappa shape index (κ1) is 64.4. The third-order valence-electron chi connectivity index (χ3n) is 16.0. The van der Waals surface area contributed by atoms with Crippen LogP contribution in [0.2, 0.25) is 10.0 Å². The van der Waals surface area contributed by atoms with E-state index in [0.717, 1.165) is 60.7 Å². The zero-order valence-electron chi connectivity index (χ0n) is 48.8. The highest BCUT2D eigenvalue weighted by Crippen LogP contribution is 2.43. The number of carboxylic acids is 2. The van der Waals surface area contributed by atoms with Gasteiger partial charge in [-0.1, -0.05) is 63.0 Å². The Balaban J connectivity index is 0.000000188. The summed E-state index contributed by atoms with van der Waals surface area (Å²) in [7, 11) is 0. The number of hydrogen-bond donors (Lipinski definition) is 2. The molecule has 0 amide bonds. The summed E-state index contributed by atoms with van der Waals surface area (Å²) in [5.41, 5.74) is -2.62. The number of nitrogens with zero attached hydrogens (tertiary/aromatic N) is 6. The van der Waals surface area contributed by atoms with E-state index in [1.165, 1.54) is 48.5 Å². The van der Waals surface area contributed by atoms with E-state index in [1.807, 2.05) is 27.7 Å². The van der Waals surface area contributed by atoms with Gasteiger partial charge in [-0.25, -0.2) is 73.4 Å². The van der Waals surface area contributed by atoms with Crippen LogP contribution in [0.3, 0.4) is 0 Å². The SMILES string of the molecule is CC1(C)COCC1n1c(Cc2cc(F)c(-c3cccc(OCc4c(F)cc(Cl)cc4F)n3)cc2F)nc2c(F)cc(C(=O)O)cc21.CC1(C)COCC1n1c(Cc2cc(F)c(-c3cccc(OCc4c(F)cc(Cl)cc4F)n3)cc2F)nc2c(F)cc(C(=O)O)cc21. The Morgan fingerprint density at radius 3 is 1.21 bits per heavy atom. The molecule has 0 spiro atoms. The lowest BCUT2D eigenvalue weighted by Crippen LogP contribution is -2.27. The van der Waals surface area contributed by atoms with Crippen molar-refractivity contribution in [2.45, 2.75) is 65.8 Å². The summed E-state index contributed by atoms with van der Waals surface area (Å²) in [6.07, 6.45) is -0.498. The maximum Gasteiger partial charge on any atom is 0.335 e. The molecule has 92 heavy (non-hydrogen) atoms. The van der Waals surface area contributed by atoms with Crippen molar-refractivity contribution in [3.05, 3.63) is 222 Å². The zero-order valence-corrected chi connectivity index (χ0v) is 50.3. The van der Waals surface area contributed by atoms with E-state index >= 15 is 26.3 Å². The van der Waals surface area contributed by atoms with E-state index in [-0.39, 0.29) is 137 Å². The summed E-state index contributed by atoms with van der Waals surface area (Å²) in [4.78, 5) is 40.5. The molecule has 4 aromatic heterocycles. The Bertz CT molecular complexity index is 4270. The number of pyridine rings is 2. The predicted molar refractivity (Wildman–Crippen MR) is 317 cm³/mol. The predicted octanol–water partition coefficient (Wildman–Crippen LogP) is 15.8. The van der Waals surface area contributed by atoms with Crippen LogP contribution in [0.15, 0.2) is 109 Å². The van der Waals surface area contributed by atoms with Gasteiger partial charge in [-0.2, -0.15) is 0 Å². The molecule has 12 rings (SSSR count). The number of rotatable bonds is 16. The molecule has 0 aliphatic carbocycles. The summed E-state index contributed by atoms with van der Waals surface area (Å²) in [6.45, 7) is 7.85. The molecule has 2 aliphatic rings. The maximum atomic E-state index is 15.6. The lowest BCUT2D eigenvalue weighted by atomic mass is 9.87. The average Bonchev–Trinajstić information content (AvgIpc) is 1.64. The van der Waals surface area contributed by atoms with Gasteiger partial charge in [-0.05, 0) is 96.1 Å². The fourth-order valence-corrected chi connectivity index (χ4v) is 11.5. The van der Waals surface area contributed by atoms with Gasteiger partial charge in [0.2, 0.25) is 11.8 Å². The Hall–Kier alpha value is -9.10. The van der Waals surface area contributed by atoms with Crippen LogP contribution in [-0.2, 0) is 35.5 Å².